The Balaban J connectivity index is 0.000000128. The summed E-state index contributed by atoms with van der Waals surface area (Å²) in [5.74, 6) is 0.651. The van der Waals surface area contributed by atoms with Crippen molar-refractivity contribution >= 4 is 197 Å². The van der Waals surface area contributed by atoms with Gasteiger partial charge in [-0.3, -0.25) is 0 Å². The van der Waals surface area contributed by atoms with Crippen molar-refractivity contribution < 1.29 is 9.68 Å². The Kier molecular flexibility index (Phi) is 13.6. The number of thiophene rings is 5. The minimum Gasteiger partial charge on any atom is -0.537 e. The first-order valence-corrected chi connectivity index (χ1v) is 32.3. The van der Waals surface area contributed by atoms with E-state index in [2.05, 4.69) is 250 Å². The van der Waals surface area contributed by atoms with E-state index in [1.54, 1.807) is 11.3 Å². The molecule has 17 aromatic rings. The molecule has 0 atom stereocenters. The molecule has 0 spiro atoms. The van der Waals surface area contributed by atoms with E-state index in [-0.39, 0.29) is 0 Å². The average molecular weight is 1270 g/mol. The zero-order valence-corrected chi connectivity index (χ0v) is 50.7. The van der Waals surface area contributed by atoms with Crippen molar-refractivity contribution in [2.24, 2.45) is 0 Å². The smallest absolute Gasteiger partial charge is 0.537 e. The summed E-state index contributed by atoms with van der Waals surface area (Å²) >= 11 is 16.4. The van der Waals surface area contributed by atoms with E-state index in [1.807, 2.05) is 75.7 Å². The van der Waals surface area contributed by atoms with Crippen molar-refractivity contribution in [2.45, 2.75) is 0 Å². The third-order valence-corrected chi connectivity index (χ3v) is 22.0. The molecule has 17 rings (SSSR count). The highest BCUT2D eigenvalue weighted by Crippen LogP contribution is 2.43. The highest BCUT2D eigenvalue weighted by atomic mass is 79.9. The van der Waals surface area contributed by atoms with Crippen molar-refractivity contribution in [2.75, 3.05) is 0 Å². The Labute approximate surface area is 510 Å². The number of benzene rings is 12. The summed E-state index contributed by atoms with van der Waals surface area (Å²) in [6.07, 6.45) is 0. The van der Waals surface area contributed by atoms with Crippen molar-refractivity contribution in [3.05, 3.63) is 258 Å². The highest BCUT2D eigenvalue weighted by molar-refractivity contribution is 9.10. The molecule has 0 aliphatic rings. The summed E-state index contributed by atoms with van der Waals surface area (Å²) in [6, 6.07) is 90.0. The van der Waals surface area contributed by atoms with E-state index in [4.69, 9.17) is 9.68 Å². The number of halogens is 2. The van der Waals surface area contributed by atoms with Crippen LogP contribution in [0.2, 0.25) is 0 Å². The molecule has 5 heterocycles. The van der Waals surface area contributed by atoms with Crippen LogP contribution in [-0.2, 0) is 0 Å². The molecule has 2 nitrogen and oxygen atoms in total. The van der Waals surface area contributed by atoms with E-state index in [0.717, 1.165) is 8.95 Å². The topological polar surface area (TPSA) is 29.5 Å². The van der Waals surface area contributed by atoms with Crippen LogP contribution >= 0.6 is 88.5 Å². The molecule has 1 N–H and O–H groups in total. The summed E-state index contributed by atoms with van der Waals surface area (Å²) in [4.78, 5) is 0. The van der Waals surface area contributed by atoms with Gasteiger partial charge in [-0.05, 0) is 178 Å². The summed E-state index contributed by atoms with van der Waals surface area (Å²) in [5, 5.41) is 21.7. The van der Waals surface area contributed by atoms with Crippen LogP contribution in [0, 0.1) is 0 Å². The van der Waals surface area contributed by atoms with Gasteiger partial charge >= 0.3 is 7.69 Å². The molecule has 0 saturated heterocycles. The standard InChI is InChI=1S/C42H24S3.C18H10Br2S.C12H8BO2S/c1-3-10-37-31(8-1)33-21-27(12-16-39(33)43-37)25-6-5-7-26(20-25)28-13-18-41-35(23-28)36-24-30(15-19-42(36)45-41)29-14-17-40-34(22-29)32-9-2-4-11-38(32)44-40;19-13-3-1-2-11(8-13)12-4-6-17-15(9-12)16-10-14(20)5-7-18(16)21-17;14-13-15-8-5-6-12-10(7-8)9-3-1-2-4-11(9)16-12/h1-24H;1-10H;1-7,14H. The summed E-state index contributed by atoms with van der Waals surface area (Å²) < 4.78 is 20.4. The van der Waals surface area contributed by atoms with Gasteiger partial charge in [0.05, 0.1) is 0 Å². The molecule has 0 amide bonds. The molecule has 0 unspecified atom stereocenters. The number of hydrogen-bond donors (Lipinski definition) is 1. The lowest BCUT2D eigenvalue weighted by atomic mass is 9.96. The van der Waals surface area contributed by atoms with Crippen molar-refractivity contribution in [1.82, 2.24) is 0 Å². The maximum Gasteiger partial charge on any atom is 0.569 e. The monoisotopic (exact) mass is 1270 g/mol. The largest absolute Gasteiger partial charge is 0.569 e. The van der Waals surface area contributed by atoms with Gasteiger partial charge in [-0.2, -0.15) is 0 Å². The Morgan fingerprint density at radius 2 is 0.537 bits per heavy atom. The maximum atomic E-state index is 8.61. The van der Waals surface area contributed by atoms with Gasteiger partial charge in [-0.15, -0.1) is 56.7 Å². The zero-order chi connectivity index (χ0) is 54.8. The van der Waals surface area contributed by atoms with E-state index < -0.39 is 0 Å². The second-order valence-corrected chi connectivity index (χ2v) is 27.4. The van der Waals surface area contributed by atoms with E-state index in [0.29, 0.717) is 13.4 Å². The van der Waals surface area contributed by atoms with Gasteiger partial charge in [-0.25, -0.2) is 0 Å². The van der Waals surface area contributed by atoms with Gasteiger partial charge in [0, 0.05) is 110 Å². The molecule has 82 heavy (non-hydrogen) atoms. The van der Waals surface area contributed by atoms with Crippen molar-refractivity contribution in [3.8, 4) is 50.3 Å². The molecule has 0 bridgehead atoms. The number of hydrogen-bond acceptors (Lipinski definition) is 7. The maximum absolute atomic E-state index is 8.61. The van der Waals surface area contributed by atoms with Gasteiger partial charge in [0.2, 0.25) is 0 Å². The molecule has 0 aliphatic heterocycles. The first kappa shape index (κ1) is 51.4. The quantitative estimate of drug-likeness (QED) is 0.168. The predicted molar refractivity (Wildman–Crippen MR) is 370 cm³/mol. The third kappa shape index (κ3) is 9.71. The van der Waals surface area contributed by atoms with Crippen LogP contribution in [0.15, 0.2) is 258 Å². The lowest BCUT2D eigenvalue weighted by Gasteiger charge is -2.08. The van der Waals surface area contributed by atoms with Crippen LogP contribution in [0.25, 0.3) is 145 Å². The molecule has 10 heteroatoms. The minimum atomic E-state index is 0.651. The highest BCUT2D eigenvalue weighted by Gasteiger charge is 2.14. The molecule has 389 valence electrons. The van der Waals surface area contributed by atoms with Crippen molar-refractivity contribution in [3.63, 3.8) is 0 Å². The van der Waals surface area contributed by atoms with Gasteiger partial charge in [0.25, 0.3) is 0 Å². The van der Waals surface area contributed by atoms with E-state index in [1.165, 1.54) is 145 Å². The summed E-state index contributed by atoms with van der Waals surface area (Å²) in [5.41, 5.74) is 10.0. The predicted octanol–water partition coefficient (Wildman–Crippen LogP) is 24.0. The second kappa shape index (κ2) is 21.7. The fourth-order valence-corrected chi connectivity index (χ4v) is 17.4. The first-order chi connectivity index (χ1) is 40.3. The van der Waals surface area contributed by atoms with Crippen LogP contribution in [-0.4, -0.2) is 12.7 Å². The molecule has 0 fully saturated rings. The Bertz CT molecular complexity index is 5320. The molecule has 0 aliphatic carbocycles. The lowest BCUT2D eigenvalue weighted by molar-refractivity contribution is 0.454. The number of fused-ring (bicyclic) bond motifs is 15. The van der Waals surface area contributed by atoms with Gasteiger partial charge in [0.1, 0.15) is 5.75 Å². The van der Waals surface area contributed by atoms with Crippen LogP contribution in [0.5, 0.6) is 5.75 Å². The number of rotatable bonds is 6. The summed E-state index contributed by atoms with van der Waals surface area (Å²) in [7, 11) is 0.704. The van der Waals surface area contributed by atoms with Crippen LogP contribution in [0.4, 0.5) is 0 Å². The second-order valence-electron chi connectivity index (χ2n) is 20.2. The fourth-order valence-electron chi connectivity index (χ4n) is 11.3. The van der Waals surface area contributed by atoms with Gasteiger partial charge in [0.15, 0.2) is 0 Å². The third-order valence-electron chi connectivity index (χ3n) is 15.2. The fraction of sp³-hybridized carbons (Fsp3) is 0. The van der Waals surface area contributed by atoms with Gasteiger partial charge in [-0.1, -0.05) is 147 Å². The normalized spacial score (nSPS) is 11.6. The van der Waals surface area contributed by atoms with E-state index in [9.17, 15) is 0 Å². The Morgan fingerprint density at radius 3 is 0.939 bits per heavy atom. The Hall–Kier alpha value is -7.48. The molecule has 1 radical (unpaired) electrons. The molecule has 0 saturated carbocycles. The van der Waals surface area contributed by atoms with E-state index >= 15 is 0 Å². The van der Waals surface area contributed by atoms with Crippen LogP contribution < -0.4 is 4.65 Å². The molecular formula is C72H42BBr2O2S5. The molecule has 12 aromatic carbocycles. The first-order valence-electron chi connectivity index (χ1n) is 26.7. The zero-order valence-electron chi connectivity index (χ0n) is 43.4. The lowest BCUT2D eigenvalue weighted by Crippen LogP contribution is -1.98. The molecule has 5 aromatic heterocycles. The van der Waals surface area contributed by atoms with Gasteiger partial charge < -0.3 is 9.68 Å². The van der Waals surface area contributed by atoms with Crippen LogP contribution in [0.1, 0.15) is 0 Å². The average Bonchev–Trinajstić information content (AvgIpc) is 4.36. The SMILES string of the molecule is Brc1cccc(-c2ccc3sc4ccc(Br)cc4c3c2)c1.O[B]Oc1ccc2sc3ccccc3c2c1.c1cc(-c2ccc3sc4ccccc4c3c2)cc(-c2ccc3sc4ccc(-c5ccc6sc7ccccc7c6c5)cc4c3c2)c1. The van der Waals surface area contributed by atoms with Crippen molar-refractivity contribution in [1.29, 1.82) is 0 Å². The Morgan fingerprint density at radius 1 is 0.244 bits per heavy atom. The summed E-state index contributed by atoms with van der Waals surface area (Å²) in [6.45, 7) is 0. The van der Waals surface area contributed by atoms with Crippen LogP contribution in [0.3, 0.4) is 0 Å². The molecular weight excluding hydrogens is 1230 g/mol. The minimum absolute atomic E-state index is 0.651.